The van der Waals surface area contributed by atoms with Crippen LogP contribution >= 0.6 is 0 Å². The number of hydrogen-bond donors (Lipinski definition) is 1. The first kappa shape index (κ1) is 28.6. The highest BCUT2D eigenvalue weighted by molar-refractivity contribution is 6.46. The second-order valence-corrected chi connectivity index (χ2v) is 8.60. The average molecular weight is 525 g/mol. The summed E-state index contributed by atoms with van der Waals surface area (Å²) < 4.78 is 22.0. The number of ketones is 1. The van der Waals surface area contributed by atoms with Crippen LogP contribution in [0.4, 0.5) is 0 Å². The summed E-state index contributed by atoms with van der Waals surface area (Å²) in [7, 11) is 4.49. The van der Waals surface area contributed by atoms with Gasteiger partial charge in [0.1, 0.15) is 18.1 Å². The summed E-state index contributed by atoms with van der Waals surface area (Å²) in [5.41, 5.74) is 0.921. The molecule has 1 heterocycles. The quantitative estimate of drug-likeness (QED) is 0.182. The molecule has 1 atom stereocenters. The molecule has 204 valence electrons. The maximum atomic E-state index is 13.4. The lowest BCUT2D eigenvalue weighted by atomic mass is 9.94. The van der Waals surface area contributed by atoms with Gasteiger partial charge in [-0.1, -0.05) is 26.5 Å². The number of amides is 1. The zero-order chi connectivity index (χ0) is 27.8. The second kappa shape index (κ2) is 13.0. The third kappa shape index (κ3) is 5.78. The molecule has 0 radical (unpaired) electrons. The van der Waals surface area contributed by atoms with Gasteiger partial charge in [0.05, 0.1) is 32.9 Å². The fourth-order valence-corrected chi connectivity index (χ4v) is 4.53. The highest BCUT2D eigenvalue weighted by Gasteiger charge is 2.46. The SMILES string of the molecule is C=CCOc1ccc(C(O)=C2C(=O)C(=O)N(CCN(CC)CC)C2c2cc(OC)c(OC)c(OC)c2)cc1. The molecule has 9 heteroatoms. The molecule has 0 aliphatic carbocycles. The summed E-state index contributed by atoms with van der Waals surface area (Å²) >= 11 is 0. The van der Waals surface area contributed by atoms with Gasteiger partial charge >= 0.3 is 0 Å². The van der Waals surface area contributed by atoms with Gasteiger partial charge in [-0.05, 0) is 55.1 Å². The van der Waals surface area contributed by atoms with Crippen LogP contribution < -0.4 is 18.9 Å². The van der Waals surface area contributed by atoms with Crippen molar-refractivity contribution in [2.24, 2.45) is 0 Å². The normalized spacial score (nSPS) is 16.6. The molecule has 0 saturated carbocycles. The largest absolute Gasteiger partial charge is 0.507 e. The van der Waals surface area contributed by atoms with E-state index in [2.05, 4.69) is 11.5 Å². The summed E-state index contributed by atoms with van der Waals surface area (Å²) in [6.45, 7) is 10.5. The lowest BCUT2D eigenvalue weighted by molar-refractivity contribution is -0.140. The Morgan fingerprint density at radius 2 is 1.63 bits per heavy atom. The maximum Gasteiger partial charge on any atom is 0.295 e. The number of aliphatic hydroxyl groups excluding tert-OH is 1. The Hall–Kier alpha value is -3.98. The van der Waals surface area contributed by atoms with Gasteiger partial charge in [-0.3, -0.25) is 9.59 Å². The van der Waals surface area contributed by atoms with Crippen LogP contribution in [0, 0.1) is 0 Å². The molecule has 2 aromatic carbocycles. The minimum atomic E-state index is -0.865. The number of carbonyl (C=O) groups excluding carboxylic acids is 2. The second-order valence-electron chi connectivity index (χ2n) is 8.60. The molecule has 1 unspecified atom stereocenters. The van der Waals surface area contributed by atoms with Gasteiger partial charge in [0.25, 0.3) is 11.7 Å². The number of benzene rings is 2. The van der Waals surface area contributed by atoms with Crippen molar-refractivity contribution >= 4 is 17.4 Å². The van der Waals surface area contributed by atoms with E-state index in [4.69, 9.17) is 18.9 Å². The van der Waals surface area contributed by atoms with Gasteiger partial charge in [0.2, 0.25) is 5.75 Å². The zero-order valence-electron chi connectivity index (χ0n) is 22.7. The minimum Gasteiger partial charge on any atom is -0.507 e. The van der Waals surface area contributed by atoms with Gasteiger partial charge in [-0.2, -0.15) is 0 Å². The molecule has 1 amide bonds. The van der Waals surface area contributed by atoms with E-state index in [1.165, 1.54) is 26.2 Å². The van der Waals surface area contributed by atoms with Crippen molar-refractivity contribution < 1.29 is 33.6 Å². The van der Waals surface area contributed by atoms with Crippen molar-refractivity contribution in [1.29, 1.82) is 0 Å². The van der Waals surface area contributed by atoms with Crippen molar-refractivity contribution in [3.63, 3.8) is 0 Å². The van der Waals surface area contributed by atoms with Crippen molar-refractivity contribution in [2.45, 2.75) is 19.9 Å². The number of rotatable bonds is 13. The summed E-state index contributed by atoms with van der Waals surface area (Å²) in [6.07, 6.45) is 1.63. The standard InChI is InChI=1S/C29H36N2O7/c1-7-16-38-21-12-10-19(11-13-21)26(32)24-25(20-17-22(35-4)28(37-6)23(18-20)36-5)31(29(34)27(24)33)15-14-30(8-2)9-3/h7,10-13,17-18,25,32H,1,8-9,14-16H2,2-6H3. The summed E-state index contributed by atoms with van der Waals surface area (Å²) in [6, 6.07) is 9.18. The molecule has 38 heavy (non-hydrogen) atoms. The number of Topliss-reactive ketones (excluding diaryl/α,β-unsaturated/α-hetero) is 1. The van der Waals surface area contributed by atoms with Crippen LogP contribution in [0.5, 0.6) is 23.0 Å². The van der Waals surface area contributed by atoms with E-state index in [0.29, 0.717) is 53.8 Å². The Balaban J connectivity index is 2.17. The Morgan fingerprint density at radius 1 is 1.03 bits per heavy atom. The van der Waals surface area contributed by atoms with Crippen LogP contribution in [0.2, 0.25) is 0 Å². The van der Waals surface area contributed by atoms with E-state index in [9.17, 15) is 14.7 Å². The molecule has 2 aromatic rings. The summed E-state index contributed by atoms with van der Waals surface area (Å²) in [5, 5.41) is 11.4. The lowest BCUT2D eigenvalue weighted by Gasteiger charge is -2.29. The van der Waals surface area contributed by atoms with E-state index >= 15 is 0 Å². The first-order valence-electron chi connectivity index (χ1n) is 12.5. The summed E-state index contributed by atoms with van der Waals surface area (Å²) in [5.74, 6) is 0.00921. The van der Waals surface area contributed by atoms with Crippen LogP contribution in [-0.2, 0) is 9.59 Å². The molecular weight excluding hydrogens is 488 g/mol. The first-order chi connectivity index (χ1) is 18.3. The third-order valence-corrected chi connectivity index (χ3v) is 6.59. The molecule has 1 N–H and O–H groups in total. The van der Waals surface area contributed by atoms with Crippen molar-refractivity contribution in [2.75, 3.05) is 54.1 Å². The number of nitrogens with zero attached hydrogens (tertiary/aromatic N) is 2. The van der Waals surface area contributed by atoms with Gasteiger partial charge in [-0.15, -0.1) is 0 Å². The van der Waals surface area contributed by atoms with Gasteiger partial charge in [0, 0.05) is 18.7 Å². The number of hydrogen-bond acceptors (Lipinski definition) is 8. The Kier molecular flexibility index (Phi) is 9.78. The maximum absolute atomic E-state index is 13.4. The van der Waals surface area contributed by atoms with Crippen LogP contribution in [0.1, 0.15) is 31.0 Å². The highest BCUT2D eigenvalue weighted by atomic mass is 16.5. The van der Waals surface area contributed by atoms with E-state index in [0.717, 1.165) is 13.1 Å². The molecule has 1 aliphatic rings. The molecule has 3 rings (SSSR count). The zero-order valence-corrected chi connectivity index (χ0v) is 22.7. The molecular formula is C29H36N2O7. The highest BCUT2D eigenvalue weighted by Crippen LogP contribution is 2.45. The molecule has 1 fully saturated rings. The van der Waals surface area contributed by atoms with Crippen molar-refractivity contribution in [3.8, 4) is 23.0 Å². The van der Waals surface area contributed by atoms with E-state index in [1.807, 2.05) is 13.8 Å². The number of aliphatic hydroxyl groups is 1. The van der Waals surface area contributed by atoms with E-state index in [1.54, 1.807) is 42.5 Å². The predicted molar refractivity (Wildman–Crippen MR) is 145 cm³/mol. The topological polar surface area (TPSA) is 97.8 Å². The van der Waals surface area contributed by atoms with Crippen molar-refractivity contribution in [3.05, 3.63) is 65.8 Å². The van der Waals surface area contributed by atoms with Crippen LogP contribution in [0.15, 0.2) is 54.6 Å². The van der Waals surface area contributed by atoms with Gasteiger partial charge in [-0.25, -0.2) is 0 Å². The molecule has 1 saturated heterocycles. The molecule has 1 aliphatic heterocycles. The Bertz CT molecular complexity index is 1160. The molecule has 0 bridgehead atoms. The minimum absolute atomic E-state index is 0.0106. The average Bonchev–Trinajstić information content (AvgIpc) is 3.20. The third-order valence-electron chi connectivity index (χ3n) is 6.59. The molecule has 9 nitrogen and oxygen atoms in total. The smallest absolute Gasteiger partial charge is 0.295 e. The fourth-order valence-electron chi connectivity index (χ4n) is 4.53. The predicted octanol–water partition coefficient (Wildman–Crippen LogP) is 4.04. The Labute approximate surface area is 223 Å². The number of likely N-dealkylation sites (N-methyl/N-ethyl adjacent to an activating group) is 1. The van der Waals surface area contributed by atoms with E-state index in [-0.39, 0.29) is 11.3 Å². The number of ether oxygens (including phenoxy) is 4. The van der Waals surface area contributed by atoms with Gasteiger partial charge < -0.3 is 33.9 Å². The van der Waals surface area contributed by atoms with Gasteiger partial charge in [0.15, 0.2) is 11.5 Å². The Morgan fingerprint density at radius 3 is 2.13 bits per heavy atom. The fraction of sp³-hybridized carbons (Fsp3) is 0.379. The van der Waals surface area contributed by atoms with Crippen LogP contribution in [0.3, 0.4) is 0 Å². The molecule has 0 spiro atoms. The van der Waals surface area contributed by atoms with Crippen LogP contribution in [0.25, 0.3) is 5.76 Å². The number of likely N-dealkylation sites (tertiary alicyclic amines) is 1. The lowest BCUT2D eigenvalue weighted by Crippen LogP contribution is -2.38. The van der Waals surface area contributed by atoms with Crippen molar-refractivity contribution in [1.82, 2.24) is 9.80 Å². The summed E-state index contributed by atoms with van der Waals surface area (Å²) in [4.78, 5) is 30.4. The van der Waals surface area contributed by atoms with Crippen LogP contribution in [-0.4, -0.2) is 80.7 Å². The number of methoxy groups -OCH3 is 3. The van der Waals surface area contributed by atoms with E-state index < -0.39 is 17.7 Å². The monoisotopic (exact) mass is 524 g/mol. The number of carbonyl (C=O) groups is 2. The first-order valence-corrected chi connectivity index (χ1v) is 12.5. The molecule has 0 aromatic heterocycles.